The van der Waals surface area contributed by atoms with Crippen LogP contribution in [0.4, 0.5) is 13.2 Å². The molecule has 0 aliphatic rings. The molecular formula is C13H8BrF3O2. The van der Waals surface area contributed by atoms with Gasteiger partial charge in [0, 0.05) is 5.56 Å². The van der Waals surface area contributed by atoms with Gasteiger partial charge in [0.1, 0.15) is 0 Å². The van der Waals surface area contributed by atoms with Gasteiger partial charge in [-0.05, 0) is 52.7 Å². The Kier molecular flexibility index (Phi) is 3.54. The molecule has 0 spiro atoms. The van der Waals surface area contributed by atoms with E-state index in [4.69, 9.17) is 4.42 Å². The number of aryl methyl sites for hydroxylation is 1. The van der Waals surface area contributed by atoms with Crippen molar-refractivity contribution < 1.29 is 22.4 Å². The quantitative estimate of drug-likeness (QED) is 0.752. The summed E-state index contributed by atoms with van der Waals surface area (Å²) in [4.78, 5) is 12.0. The number of carbonyl (C=O) groups excluding carboxylic acids is 1. The Labute approximate surface area is 115 Å². The van der Waals surface area contributed by atoms with Gasteiger partial charge >= 0.3 is 6.18 Å². The highest BCUT2D eigenvalue weighted by Gasteiger charge is 2.31. The van der Waals surface area contributed by atoms with E-state index in [0.29, 0.717) is 4.67 Å². The third kappa shape index (κ3) is 2.89. The minimum atomic E-state index is -4.42. The maximum absolute atomic E-state index is 12.5. The average Bonchev–Trinajstić information content (AvgIpc) is 2.73. The Morgan fingerprint density at radius 3 is 2.37 bits per heavy atom. The molecule has 2 nitrogen and oxygen atoms in total. The van der Waals surface area contributed by atoms with Gasteiger partial charge in [0.2, 0.25) is 5.78 Å². The van der Waals surface area contributed by atoms with Crippen LogP contribution in [0.15, 0.2) is 39.4 Å². The normalized spacial score (nSPS) is 11.6. The van der Waals surface area contributed by atoms with Crippen LogP contribution in [0.3, 0.4) is 0 Å². The van der Waals surface area contributed by atoms with E-state index in [2.05, 4.69) is 15.9 Å². The summed E-state index contributed by atoms with van der Waals surface area (Å²) < 4.78 is 43.0. The highest BCUT2D eigenvalue weighted by molar-refractivity contribution is 9.10. The van der Waals surface area contributed by atoms with Crippen molar-refractivity contribution in [1.29, 1.82) is 0 Å². The third-order valence-electron chi connectivity index (χ3n) is 2.60. The summed E-state index contributed by atoms with van der Waals surface area (Å²) in [6.45, 7) is 1.46. The van der Waals surface area contributed by atoms with Crippen molar-refractivity contribution in [2.75, 3.05) is 0 Å². The first-order valence-corrected chi connectivity index (χ1v) is 6.06. The van der Waals surface area contributed by atoms with Gasteiger partial charge in [-0.2, -0.15) is 13.2 Å². The van der Waals surface area contributed by atoms with E-state index in [9.17, 15) is 18.0 Å². The van der Waals surface area contributed by atoms with E-state index in [1.165, 1.54) is 13.0 Å². The molecule has 1 aromatic carbocycles. The standard InChI is InChI=1S/C13H8BrF3O2/c1-7-6-8(13(15,16)17)2-3-9(7)12(18)10-4-5-11(14)19-10/h2-6H,1H3. The van der Waals surface area contributed by atoms with Crippen LogP contribution in [0, 0.1) is 6.92 Å². The molecular weight excluding hydrogens is 325 g/mol. The number of hydrogen-bond donors (Lipinski definition) is 0. The topological polar surface area (TPSA) is 30.2 Å². The van der Waals surface area contributed by atoms with Gasteiger partial charge in [-0.1, -0.05) is 6.07 Å². The van der Waals surface area contributed by atoms with Gasteiger partial charge in [-0.25, -0.2) is 0 Å². The summed E-state index contributed by atoms with van der Waals surface area (Å²) in [5.74, 6) is -0.369. The first-order chi connectivity index (χ1) is 8.79. The molecule has 0 saturated carbocycles. The number of rotatable bonds is 2. The number of carbonyl (C=O) groups is 1. The lowest BCUT2D eigenvalue weighted by molar-refractivity contribution is -0.137. The fourth-order valence-corrected chi connectivity index (χ4v) is 1.97. The Hall–Kier alpha value is -1.56. The van der Waals surface area contributed by atoms with Crippen LogP contribution in [0.2, 0.25) is 0 Å². The second-order valence-electron chi connectivity index (χ2n) is 3.96. The Morgan fingerprint density at radius 2 is 1.89 bits per heavy atom. The molecule has 2 rings (SSSR count). The molecule has 0 bridgehead atoms. The van der Waals surface area contributed by atoms with Crippen LogP contribution in [-0.4, -0.2) is 5.78 Å². The minimum absolute atomic E-state index is 0.0785. The molecule has 19 heavy (non-hydrogen) atoms. The lowest BCUT2D eigenvalue weighted by Crippen LogP contribution is -2.08. The Bertz CT molecular complexity index is 629. The molecule has 0 atom stereocenters. The molecule has 1 heterocycles. The molecule has 0 unspecified atom stereocenters. The fourth-order valence-electron chi connectivity index (χ4n) is 1.66. The van der Waals surface area contributed by atoms with E-state index in [0.717, 1.165) is 18.2 Å². The molecule has 0 amide bonds. The van der Waals surface area contributed by atoms with Gasteiger partial charge in [0.25, 0.3) is 0 Å². The van der Waals surface area contributed by atoms with Crippen molar-refractivity contribution in [2.24, 2.45) is 0 Å². The maximum Gasteiger partial charge on any atom is 0.416 e. The monoisotopic (exact) mass is 332 g/mol. The molecule has 0 fully saturated rings. The number of benzene rings is 1. The van der Waals surface area contributed by atoms with E-state index >= 15 is 0 Å². The summed E-state index contributed by atoms with van der Waals surface area (Å²) >= 11 is 3.06. The summed E-state index contributed by atoms with van der Waals surface area (Å²) in [6.07, 6.45) is -4.42. The van der Waals surface area contributed by atoms with Crippen LogP contribution >= 0.6 is 15.9 Å². The average molecular weight is 333 g/mol. The summed E-state index contributed by atoms with van der Waals surface area (Å²) in [5.41, 5.74) is -0.329. The predicted molar refractivity (Wildman–Crippen MR) is 66.0 cm³/mol. The summed E-state index contributed by atoms with van der Waals surface area (Å²) in [5, 5.41) is 0. The number of alkyl halides is 3. The van der Waals surface area contributed by atoms with Gasteiger partial charge in [0.15, 0.2) is 10.4 Å². The molecule has 0 aliphatic carbocycles. The molecule has 100 valence electrons. The van der Waals surface area contributed by atoms with Crippen LogP contribution in [0.1, 0.15) is 27.2 Å². The van der Waals surface area contributed by atoms with Crippen LogP contribution in [-0.2, 0) is 6.18 Å². The van der Waals surface area contributed by atoms with Crippen LogP contribution in [0.5, 0.6) is 0 Å². The molecule has 0 N–H and O–H groups in total. The van der Waals surface area contributed by atoms with Crippen molar-refractivity contribution >= 4 is 21.7 Å². The second kappa shape index (κ2) is 4.85. The third-order valence-corrected chi connectivity index (χ3v) is 3.02. The van der Waals surface area contributed by atoms with Gasteiger partial charge < -0.3 is 4.42 Å². The maximum atomic E-state index is 12.5. The lowest BCUT2D eigenvalue weighted by Gasteiger charge is -2.09. The highest BCUT2D eigenvalue weighted by atomic mass is 79.9. The van der Waals surface area contributed by atoms with Crippen LogP contribution in [0.25, 0.3) is 0 Å². The molecule has 0 saturated heterocycles. The van der Waals surface area contributed by atoms with Crippen molar-refractivity contribution in [3.8, 4) is 0 Å². The van der Waals surface area contributed by atoms with E-state index in [1.807, 2.05) is 0 Å². The predicted octanol–water partition coefficient (Wildman–Crippen LogP) is 4.60. The zero-order valence-electron chi connectivity index (χ0n) is 9.72. The van der Waals surface area contributed by atoms with Crippen molar-refractivity contribution in [3.05, 3.63) is 57.5 Å². The molecule has 1 aromatic heterocycles. The summed E-state index contributed by atoms with van der Waals surface area (Å²) in [7, 11) is 0. The molecule has 2 aromatic rings. The number of furan rings is 1. The van der Waals surface area contributed by atoms with Crippen molar-refractivity contribution in [2.45, 2.75) is 13.1 Å². The van der Waals surface area contributed by atoms with E-state index < -0.39 is 17.5 Å². The zero-order valence-corrected chi connectivity index (χ0v) is 11.3. The lowest BCUT2D eigenvalue weighted by atomic mass is 10.0. The SMILES string of the molecule is Cc1cc(C(F)(F)F)ccc1C(=O)c1ccc(Br)o1. The van der Waals surface area contributed by atoms with Crippen molar-refractivity contribution in [3.63, 3.8) is 0 Å². The van der Waals surface area contributed by atoms with Crippen molar-refractivity contribution in [1.82, 2.24) is 0 Å². The smallest absolute Gasteiger partial charge is 0.416 e. The summed E-state index contributed by atoms with van der Waals surface area (Å²) in [6, 6.07) is 6.01. The van der Waals surface area contributed by atoms with Gasteiger partial charge in [-0.3, -0.25) is 4.79 Å². The highest BCUT2D eigenvalue weighted by Crippen LogP contribution is 2.31. The molecule has 6 heteroatoms. The second-order valence-corrected chi connectivity index (χ2v) is 4.74. The first kappa shape index (κ1) is 13.9. The van der Waals surface area contributed by atoms with E-state index in [-0.39, 0.29) is 16.9 Å². The number of hydrogen-bond acceptors (Lipinski definition) is 2. The number of halogens is 4. The van der Waals surface area contributed by atoms with Gasteiger partial charge in [-0.15, -0.1) is 0 Å². The van der Waals surface area contributed by atoms with E-state index in [1.54, 1.807) is 6.07 Å². The molecule has 0 aliphatic heterocycles. The van der Waals surface area contributed by atoms with Crippen LogP contribution < -0.4 is 0 Å². The Balaban J connectivity index is 2.39. The zero-order chi connectivity index (χ0) is 14.2. The first-order valence-electron chi connectivity index (χ1n) is 5.27. The fraction of sp³-hybridized carbons (Fsp3) is 0.154. The number of ketones is 1. The largest absolute Gasteiger partial charge is 0.446 e. The molecule has 0 radical (unpaired) electrons. The Morgan fingerprint density at radius 1 is 1.21 bits per heavy atom. The minimum Gasteiger partial charge on any atom is -0.446 e. The van der Waals surface area contributed by atoms with Gasteiger partial charge in [0.05, 0.1) is 5.56 Å².